The number of likely N-dealkylation sites (tertiary alicyclic amines) is 1. The van der Waals surface area contributed by atoms with Crippen molar-refractivity contribution in [3.8, 4) is 0 Å². The zero-order valence-electron chi connectivity index (χ0n) is 13.0. The van der Waals surface area contributed by atoms with Crippen LogP contribution < -0.4 is 10.6 Å². The van der Waals surface area contributed by atoms with E-state index in [1.807, 2.05) is 7.05 Å². The van der Waals surface area contributed by atoms with Gasteiger partial charge in [0, 0.05) is 33.2 Å². The van der Waals surface area contributed by atoms with Gasteiger partial charge in [0.25, 0.3) is 0 Å². The van der Waals surface area contributed by atoms with Crippen LogP contribution in [0, 0.1) is 0 Å². The first-order chi connectivity index (χ1) is 9.83. The summed E-state index contributed by atoms with van der Waals surface area (Å²) in [6, 6.07) is 11.3. The van der Waals surface area contributed by atoms with Crippen LogP contribution in [0.1, 0.15) is 24.8 Å². The molecule has 0 spiro atoms. The highest BCUT2D eigenvalue weighted by molar-refractivity contribution is 14.0. The van der Waals surface area contributed by atoms with Gasteiger partial charge >= 0.3 is 0 Å². The minimum Gasteiger partial charge on any atom is -0.359 e. The first-order valence-corrected chi connectivity index (χ1v) is 7.50. The molecule has 4 nitrogen and oxygen atoms in total. The van der Waals surface area contributed by atoms with Crippen molar-refractivity contribution in [3.63, 3.8) is 0 Å². The van der Waals surface area contributed by atoms with Crippen molar-refractivity contribution in [2.45, 2.75) is 31.8 Å². The number of benzene rings is 1. The number of hydrogen-bond donors (Lipinski definition) is 2. The van der Waals surface area contributed by atoms with Gasteiger partial charge in [0.2, 0.25) is 0 Å². The maximum atomic E-state index is 4.18. The second kappa shape index (κ2) is 10.00. The Kier molecular flexibility index (Phi) is 8.68. The maximum Gasteiger partial charge on any atom is 0.190 e. The van der Waals surface area contributed by atoms with Crippen LogP contribution in [0.2, 0.25) is 0 Å². The summed E-state index contributed by atoms with van der Waals surface area (Å²) in [4.78, 5) is 6.77. The van der Waals surface area contributed by atoms with E-state index >= 15 is 0 Å². The molecule has 0 amide bonds. The molecule has 1 atom stereocenters. The zero-order valence-corrected chi connectivity index (χ0v) is 15.3. The average Bonchev–Trinajstić information content (AvgIpc) is 2.51. The summed E-state index contributed by atoms with van der Waals surface area (Å²) in [5.41, 5.74) is 1.40. The van der Waals surface area contributed by atoms with E-state index in [-0.39, 0.29) is 24.0 Å². The Morgan fingerprint density at radius 1 is 1.29 bits per heavy atom. The summed E-state index contributed by atoms with van der Waals surface area (Å²) in [7, 11) is 3.71. The Bertz CT molecular complexity index is 422. The number of rotatable bonds is 4. The van der Waals surface area contributed by atoms with Gasteiger partial charge in [-0.3, -0.25) is 9.89 Å². The number of hydrogen-bond acceptors (Lipinski definition) is 2. The van der Waals surface area contributed by atoms with E-state index in [0.717, 1.165) is 19.0 Å². The molecule has 1 aromatic rings. The lowest BCUT2D eigenvalue weighted by Gasteiger charge is -2.36. The van der Waals surface area contributed by atoms with Gasteiger partial charge in [-0.25, -0.2) is 0 Å². The molecule has 1 fully saturated rings. The first-order valence-electron chi connectivity index (χ1n) is 7.50. The predicted octanol–water partition coefficient (Wildman–Crippen LogP) is 2.45. The fourth-order valence-electron chi connectivity index (χ4n) is 2.81. The summed E-state index contributed by atoms with van der Waals surface area (Å²) in [6.07, 6.45) is 3.90. The number of guanidine groups is 1. The molecule has 1 aromatic carbocycles. The van der Waals surface area contributed by atoms with E-state index in [2.05, 4.69) is 50.9 Å². The Morgan fingerprint density at radius 2 is 2.05 bits per heavy atom. The molecule has 118 valence electrons. The molecule has 0 radical (unpaired) electrons. The van der Waals surface area contributed by atoms with E-state index in [0.29, 0.717) is 6.04 Å². The Morgan fingerprint density at radius 3 is 2.71 bits per heavy atom. The van der Waals surface area contributed by atoms with Gasteiger partial charge in [-0.15, -0.1) is 24.0 Å². The van der Waals surface area contributed by atoms with Crippen molar-refractivity contribution in [2.75, 3.05) is 27.2 Å². The fraction of sp³-hybridized carbons (Fsp3) is 0.562. The Labute approximate surface area is 145 Å². The highest BCUT2D eigenvalue weighted by Crippen LogP contribution is 2.19. The highest BCUT2D eigenvalue weighted by Gasteiger charge is 2.22. The smallest absolute Gasteiger partial charge is 0.190 e. The number of nitrogens with one attached hydrogen (secondary N) is 2. The molecule has 0 aliphatic carbocycles. The molecule has 1 heterocycles. The third-order valence-electron chi connectivity index (χ3n) is 3.94. The van der Waals surface area contributed by atoms with Crippen molar-refractivity contribution < 1.29 is 0 Å². The van der Waals surface area contributed by atoms with Crippen LogP contribution in [-0.4, -0.2) is 44.1 Å². The SMILES string of the molecule is CN=C(NC)NCC1CCCCN1Cc1ccccc1.I. The molecule has 21 heavy (non-hydrogen) atoms. The standard InChI is InChI=1S/C16H26N4.HI/c1-17-16(18-2)19-12-15-10-6-7-11-20(15)13-14-8-4-3-5-9-14;/h3-5,8-9,15H,6-7,10-13H2,1-2H3,(H2,17,18,19);1H. The first kappa shape index (κ1) is 18.2. The van der Waals surface area contributed by atoms with Gasteiger partial charge in [0.05, 0.1) is 0 Å². The van der Waals surface area contributed by atoms with Gasteiger partial charge in [-0.1, -0.05) is 36.8 Å². The lowest BCUT2D eigenvalue weighted by Crippen LogP contribution is -2.48. The fourth-order valence-corrected chi connectivity index (χ4v) is 2.81. The molecule has 1 unspecified atom stereocenters. The lowest BCUT2D eigenvalue weighted by molar-refractivity contribution is 0.141. The van der Waals surface area contributed by atoms with Crippen molar-refractivity contribution in [1.29, 1.82) is 0 Å². The molecule has 0 saturated carbocycles. The average molecular weight is 402 g/mol. The molecule has 2 N–H and O–H groups in total. The van der Waals surface area contributed by atoms with Crippen molar-refractivity contribution >= 4 is 29.9 Å². The Balaban J connectivity index is 0.00000220. The molecule has 1 aliphatic rings. The zero-order chi connectivity index (χ0) is 14.2. The molecule has 5 heteroatoms. The maximum absolute atomic E-state index is 4.18. The third-order valence-corrected chi connectivity index (χ3v) is 3.94. The minimum atomic E-state index is 0. The van der Waals surface area contributed by atoms with Crippen LogP contribution in [0.25, 0.3) is 0 Å². The molecule has 0 aromatic heterocycles. The lowest BCUT2D eigenvalue weighted by atomic mass is 10.0. The van der Waals surface area contributed by atoms with Crippen molar-refractivity contribution in [1.82, 2.24) is 15.5 Å². The number of halogens is 1. The molecule has 0 bridgehead atoms. The summed E-state index contributed by atoms with van der Waals surface area (Å²) < 4.78 is 0. The second-order valence-electron chi connectivity index (χ2n) is 5.31. The van der Waals surface area contributed by atoms with E-state index in [9.17, 15) is 0 Å². The molecule has 1 saturated heterocycles. The van der Waals surface area contributed by atoms with Gasteiger partial charge in [-0.05, 0) is 24.9 Å². The molecule has 1 aliphatic heterocycles. The number of nitrogens with zero attached hydrogens (tertiary/aromatic N) is 2. The van der Waals surface area contributed by atoms with E-state index in [4.69, 9.17) is 0 Å². The van der Waals surface area contributed by atoms with Crippen LogP contribution in [0.5, 0.6) is 0 Å². The van der Waals surface area contributed by atoms with E-state index in [1.165, 1.54) is 31.4 Å². The second-order valence-corrected chi connectivity index (χ2v) is 5.31. The monoisotopic (exact) mass is 402 g/mol. The quantitative estimate of drug-likeness (QED) is 0.462. The van der Waals surface area contributed by atoms with Crippen LogP contribution in [-0.2, 0) is 6.54 Å². The number of piperidine rings is 1. The molecular formula is C16H27IN4. The number of aliphatic imine (C=N–C) groups is 1. The normalized spacial score (nSPS) is 19.7. The summed E-state index contributed by atoms with van der Waals surface area (Å²) in [5.74, 6) is 0.871. The molecular weight excluding hydrogens is 375 g/mol. The largest absolute Gasteiger partial charge is 0.359 e. The van der Waals surface area contributed by atoms with Crippen LogP contribution >= 0.6 is 24.0 Å². The van der Waals surface area contributed by atoms with E-state index in [1.54, 1.807) is 7.05 Å². The summed E-state index contributed by atoms with van der Waals surface area (Å²) in [5, 5.41) is 6.48. The van der Waals surface area contributed by atoms with Crippen LogP contribution in [0.15, 0.2) is 35.3 Å². The summed E-state index contributed by atoms with van der Waals surface area (Å²) >= 11 is 0. The van der Waals surface area contributed by atoms with Crippen molar-refractivity contribution in [3.05, 3.63) is 35.9 Å². The highest BCUT2D eigenvalue weighted by atomic mass is 127. The van der Waals surface area contributed by atoms with Crippen molar-refractivity contribution in [2.24, 2.45) is 4.99 Å². The van der Waals surface area contributed by atoms with Crippen LogP contribution in [0.3, 0.4) is 0 Å². The van der Waals surface area contributed by atoms with Gasteiger partial charge in [-0.2, -0.15) is 0 Å². The molecule has 2 rings (SSSR count). The Hall–Kier alpha value is -0.820. The van der Waals surface area contributed by atoms with Gasteiger partial charge in [0.1, 0.15) is 0 Å². The topological polar surface area (TPSA) is 39.7 Å². The van der Waals surface area contributed by atoms with Gasteiger partial charge < -0.3 is 10.6 Å². The van der Waals surface area contributed by atoms with E-state index < -0.39 is 0 Å². The minimum absolute atomic E-state index is 0. The van der Waals surface area contributed by atoms with Gasteiger partial charge in [0.15, 0.2) is 5.96 Å². The van der Waals surface area contributed by atoms with Crippen LogP contribution in [0.4, 0.5) is 0 Å². The predicted molar refractivity (Wildman–Crippen MR) is 100 cm³/mol. The third kappa shape index (κ3) is 5.82. The summed E-state index contributed by atoms with van der Waals surface area (Å²) in [6.45, 7) is 3.20.